The van der Waals surface area contributed by atoms with Crippen molar-refractivity contribution in [3.8, 4) is 0 Å². The standard InChI is InChI=1S/C16H28N2O/c1-2-3-12-6-7-18(11-12)16(19)10-13-8-14-4-5-15(9-13)17-14/h12-15,17H,2-11H2,1H3. The minimum absolute atomic E-state index is 0.435. The van der Waals surface area contributed by atoms with Gasteiger partial charge in [-0.2, -0.15) is 0 Å². The van der Waals surface area contributed by atoms with Crippen LogP contribution >= 0.6 is 0 Å². The first-order valence-electron chi connectivity index (χ1n) is 8.28. The van der Waals surface area contributed by atoms with Gasteiger partial charge in [0, 0.05) is 31.6 Å². The number of nitrogens with zero attached hydrogens (tertiary/aromatic N) is 1. The van der Waals surface area contributed by atoms with Gasteiger partial charge in [0.05, 0.1) is 0 Å². The molecule has 3 aliphatic heterocycles. The summed E-state index contributed by atoms with van der Waals surface area (Å²) in [6.07, 6.45) is 9.72. The molecule has 19 heavy (non-hydrogen) atoms. The van der Waals surface area contributed by atoms with Crippen LogP contribution in [-0.2, 0) is 4.79 Å². The summed E-state index contributed by atoms with van der Waals surface area (Å²) in [6, 6.07) is 1.42. The summed E-state index contributed by atoms with van der Waals surface area (Å²) in [5, 5.41) is 3.66. The Morgan fingerprint density at radius 3 is 2.58 bits per heavy atom. The Balaban J connectivity index is 1.46. The summed E-state index contributed by atoms with van der Waals surface area (Å²) in [6.45, 7) is 4.29. The van der Waals surface area contributed by atoms with E-state index in [4.69, 9.17) is 0 Å². The monoisotopic (exact) mass is 264 g/mol. The summed E-state index contributed by atoms with van der Waals surface area (Å²) >= 11 is 0. The summed E-state index contributed by atoms with van der Waals surface area (Å²) in [4.78, 5) is 14.5. The van der Waals surface area contributed by atoms with Gasteiger partial charge in [0.25, 0.3) is 0 Å². The van der Waals surface area contributed by atoms with Crippen molar-refractivity contribution < 1.29 is 4.79 Å². The molecule has 0 spiro atoms. The predicted molar refractivity (Wildman–Crippen MR) is 76.9 cm³/mol. The fourth-order valence-corrected chi connectivity index (χ4v) is 4.42. The molecule has 0 saturated carbocycles. The van der Waals surface area contributed by atoms with Gasteiger partial charge in [0.2, 0.25) is 5.91 Å². The molecule has 0 aromatic heterocycles. The number of piperidine rings is 1. The third-order valence-electron chi connectivity index (χ3n) is 5.37. The molecule has 3 nitrogen and oxygen atoms in total. The van der Waals surface area contributed by atoms with Crippen LogP contribution in [0.3, 0.4) is 0 Å². The lowest BCUT2D eigenvalue weighted by Gasteiger charge is -2.30. The van der Waals surface area contributed by atoms with Crippen LogP contribution in [0.25, 0.3) is 0 Å². The van der Waals surface area contributed by atoms with E-state index in [-0.39, 0.29) is 0 Å². The quantitative estimate of drug-likeness (QED) is 0.846. The first-order chi connectivity index (χ1) is 9.24. The number of nitrogens with one attached hydrogen (secondary N) is 1. The molecule has 1 N–H and O–H groups in total. The lowest BCUT2D eigenvalue weighted by Crippen LogP contribution is -2.40. The first-order valence-corrected chi connectivity index (χ1v) is 8.28. The van der Waals surface area contributed by atoms with Crippen LogP contribution < -0.4 is 5.32 Å². The molecule has 2 bridgehead atoms. The van der Waals surface area contributed by atoms with Gasteiger partial charge in [-0.3, -0.25) is 4.79 Å². The third kappa shape index (κ3) is 3.13. The Labute approximate surface area is 117 Å². The summed E-state index contributed by atoms with van der Waals surface area (Å²) in [5.74, 6) is 1.86. The smallest absolute Gasteiger partial charge is 0.222 e. The van der Waals surface area contributed by atoms with Gasteiger partial charge >= 0.3 is 0 Å². The number of hydrogen-bond donors (Lipinski definition) is 1. The van der Waals surface area contributed by atoms with E-state index in [0.717, 1.165) is 25.4 Å². The van der Waals surface area contributed by atoms with Gasteiger partial charge in [-0.25, -0.2) is 0 Å². The van der Waals surface area contributed by atoms with E-state index in [1.54, 1.807) is 0 Å². The van der Waals surface area contributed by atoms with E-state index < -0.39 is 0 Å². The van der Waals surface area contributed by atoms with Crippen molar-refractivity contribution in [3.63, 3.8) is 0 Å². The van der Waals surface area contributed by atoms with E-state index in [2.05, 4.69) is 17.1 Å². The maximum atomic E-state index is 12.4. The lowest BCUT2D eigenvalue weighted by atomic mass is 9.89. The zero-order chi connectivity index (χ0) is 13.2. The van der Waals surface area contributed by atoms with Crippen molar-refractivity contribution in [2.24, 2.45) is 11.8 Å². The van der Waals surface area contributed by atoms with E-state index in [9.17, 15) is 4.79 Å². The van der Waals surface area contributed by atoms with Crippen molar-refractivity contribution in [1.82, 2.24) is 10.2 Å². The lowest BCUT2D eigenvalue weighted by molar-refractivity contribution is -0.131. The highest BCUT2D eigenvalue weighted by atomic mass is 16.2. The Morgan fingerprint density at radius 1 is 1.16 bits per heavy atom. The second kappa shape index (κ2) is 5.82. The molecule has 3 rings (SSSR count). The number of rotatable bonds is 4. The molecule has 0 aromatic carbocycles. The minimum Gasteiger partial charge on any atom is -0.342 e. The van der Waals surface area contributed by atoms with Crippen molar-refractivity contribution >= 4 is 5.91 Å². The fourth-order valence-electron chi connectivity index (χ4n) is 4.42. The molecule has 3 saturated heterocycles. The molecule has 3 fully saturated rings. The molecule has 0 aromatic rings. The molecule has 108 valence electrons. The third-order valence-corrected chi connectivity index (χ3v) is 5.37. The number of amides is 1. The van der Waals surface area contributed by atoms with E-state index in [0.29, 0.717) is 23.9 Å². The number of likely N-dealkylation sites (tertiary alicyclic amines) is 1. The average molecular weight is 264 g/mol. The van der Waals surface area contributed by atoms with Crippen LogP contribution in [0.4, 0.5) is 0 Å². The largest absolute Gasteiger partial charge is 0.342 e. The number of carbonyl (C=O) groups excluding carboxylic acids is 1. The Bertz CT molecular complexity index is 319. The van der Waals surface area contributed by atoms with Crippen LogP contribution in [0.2, 0.25) is 0 Å². The van der Waals surface area contributed by atoms with Crippen LogP contribution in [0.15, 0.2) is 0 Å². The topological polar surface area (TPSA) is 32.3 Å². The van der Waals surface area contributed by atoms with Crippen LogP contribution in [0.1, 0.15) is 58.3 Å². The molecule has 0 aliphatic carbocycles. The molecule has 3 aliphatic rings. The van der Waals surface area contributed by atoms with Crippen molar-refractivity contribution in [1.29, 1.82) is 0 Å². The average Bonchev–Trinajstić information content (AvgIpc) is 2.97. The van der Waals surface area contributed by atoms with Gasteiger partial charge < -0.3 is 10.2 Å². The van der Waals surface area contributed by atoms with E-state index in [1.165, 1.54) is 44.9 Å². The molecule has 0 radical (unpaired) electrons. The SMILES string of the molecule is CCCC1CCN(C(=O)CC2CC3CCC(C2)N3)C1. The van der Waals surface area contributed by atoms with Crippen molar-refractivity contribution in [2.45, 2.75) is 70.4 Å². The van der Waals surface area contributed by atoms with E-state index in [1.807, 2.05) is 0 Å². The Morgan fingerprint density at radius 2 is 1.89 bits per heavy atom. The first kappa shape index (κ1) is 13.4. The van der Waals surface area contributed by atoms with Crippen LogP contribution in [0.5, 0.6) is 0 Å². The highest BCUT2D eigenvalue weighted by Crippen LogP contribution is 2.33. The summed E-state index contributed by atoms with van der Waals surface area (Å²) < 4.78 is 0. The zero-order valence-corrected chi connectivity index (χ0v) is 12.2. The summed E-state index contributed by atoms with van der Waals surface area (Å²) in [7, 11) is 0. The second-order valence-electron chi connectivity index (χ2n) is 6.96. The fraction of sp³-hybridized carbons (Fsp3) is 0.938. The Hall–Kier alpha value is -0.570. The zero-order valence-electron chi connectivity index (χ0n) is 12.2. The summed E-state index contributed by atoms with van der Waals surface area (Å²) in [5.41, 5.74) is 0. The number of carbonyl (C=O) groups is 1. The minimum atomic E-state index is 0.435. The molecule has 3 unspecified atom stereocenters. The normalized spacial score (nSPS) is 37.8. The predicted octanol–water partition coefficient (Wildman–Crippen LogP) is 2.56. The molecule has 3 heterocycles. The van der Waals surface area contributed by atoms with Gasteiger partial charge in [-0.15, -0.1) is 0 Å². The molecular formula is C16H28N2O. The Kier molecular flexibility index (Phi) is 4.11. The van der Waals surface area contributed by atoms with Crippen LogP contribution in [0, 0.1) is 11.8 Å². The van der Waals surface area contributed by atoms with Crippen molar-refractivity contribution in [3.05, 3.63) is 0 Å². The molecule has 3 atom stereocenters. The van der Waals surface area contributed by atoms with Gasteiger partial charge in [-0.05, 0) is 50.4 Å². The van der Waals surface area contributed by atoms with Gasteiger partial charge in [0.15, 0.2) is 0 Å². The molecule has 1 amide bonds. The highest BCUT2D eigenvalue weighted by Gasteiger charge is 2.35. The van der Waals surface area contributed by atoms with Crippen molar-refractivity contribution in [2.75, 3.05) is 13.1 Å². The maximum Gasteiger partial charge on any atom is 0.222 e. The number of hydrogen-bond acceptors (Lipinski definition) is 2. The van der Waals surface area contributed by atoms with E-state index >= 15 is 0 Å². The molecule has 3 heteroatoms. The highest BCUT2D eigenvalue weighted by molar-refractivity contribution is 5.76. The maximum absolute atomic E-state index is 12.4. The van der Waals surface area contributed by atoms with Gasteiger partial charge in [0.1, 0.15) is 0 Å². The van der Waals surface area contributed by atoms with Gasteiger partial charge in [-0.1, -0.05) is 13.3 Å². The van der Waals surface area contributed by atoms with Crippen LogP contribution in [-0.4, -0.2) is 36.0 Å². The molecular weight excluding hydrogens is 236 g/mol. The number of fused-ring (bicyclic) bond motifs is 2. The second-order valence-corrected chi connectivity index (χ2v) is 6.96.